The molecule has 0 saturated carbocycles. The van der Waals surface area contributed by atoms with Crippen molar-refractivity contribution in [3.8, 4) is 5.75 Å². The second kappa shape index (κ2) is 4.90. The Balaban J connectivity index is 1.60. The van der Waals surface area contributed by atoms with Crippen molar-refractivity contribution in [3.63, 3.8) is 0 Å². The molecule has 18 heavy (non-hydrogen) atoms. The van der Waals surface area contributed by atoms with E-state index in [4.69, 9.17) is 10.5 Å². The molecule has 1 aromatic carbocycles. The lowest BCUT2D eigenvalue weighted by molar-refractivity contribution is 0.145. The summed E-state index contributed by atoms with van der Waals surface area (Å²) < 4.78 is 6.01. The summed E-state index contributed by atoms with van der Waals surface area (Å²) in [5, 5.41) is 0. The lowest BCUT2D eigenvalue weighted by Crippen LogP contribution is -2.37. The lowest BCUT2D eigenvalue weighted by Gasteiger charge is -2.24. The monoisotopic (exact) mass is 246 g/mol. The van der Waals surface area contributed by atoms with Gasteiger partial charge in [0.25, 0.3) is 0 Å². The fraction of sp³-hybridized carbons (Fsp3) is 0.600. The smallest absolute Gasteiger partial charge is 0.123 e. The van der Waals surface area contributed by atoms with E-state index >= 15 is 0 Å². The van der Waals surface area contributed by atoms with Crippen molar-refractivity contribution >= 4 is 0 Å². The zero-order valence-corrected chi connectivity index (χ0v) is 11.0. The maximum atomic E-state index is 6.01. The Morgan fingerprint density at radius 1 is 1.39 bits per heavy atom. The van der Waals surface area contributed by atoms with Crippen molar-refractivity contribution in [3.05, 3.63) is 29.8 Å². The van der Waals surface area contributed by atoms with Crippen molar-refractivity contribution in [2.45, 2.75) is 31.9 Å². The number of hydrogen-bond acceptors (Lipinski definition) is 3. The zero-order chi connectivity index (χ0) is 12.5. The number of ether oxygens (including phenoxy) is 1. The molecule has 0 amide bonds. The van der Waals surface area contributed by atoms with Crippen LogP contribution in [0.25, 0.3) is 0 Å². The standard InChI is InChI=1S/C15H22N2O/c1-11-6-12(8-16)9-17(11)10-14-7-13-4-2-3-5-15(13)18-14/h2-5,11-12,14H,6-10,16H2,1H3. The highest BCUT2D eigenvalue weighted by Crippen LogP contribution is 2.30. The largest absolute Gasteiger partial charge is 0.488 e. The van der Waals surface area contributed by atoms with E-state index < -0.39 is 0 Å². The predicted octanol–water partition coefficient (Wildman–Crippen LogP) is 1.66. The third-order valence-corrected chi connectivity index (χ3v) is 4.28. The van der Waals surface area contributed by atoms with Gasteiger partial charge in [-0.05, 0) is 37.4 Å². The number of hydrogen-bond donors (Lipinski definition) is 1. The van der Waals surface area contributed by atoms with Crippen LogP contribution in [0.3, 0.4) is 0 Å². The number of rotatable bonds is 3. The van der Waals surface area contributed by atoms with Gasteiger partial charge in [0.2, 0.25) is 0 Å². The van der Waals surface area contributed by atoms with Crippen LogP contribution < -0.4 is 10.5 Å². The Labute approximate surface area is 109 Å². The number of para-hydroxylation sites is 1. The molecule has 0 spiro atoms. The third-order valence-electron chi connectivity index (χ3n) is 4.28. The molecular weight excluding hydrogens is 224 g/mol. The van der Waals surface area contributed by atoms with E-state index in [0.717, 1.165) is 31.8 Å². The molecule has 3 heteroatoms. The highest BCUT2D eigenvalue weighted by molar-refractivity contribution is 5.37. The number of fused-ring (bicyclic) bond motifs is 1. The van der Waals surface area contributed by atoms with Gasteiger partial charge in [-0.25, -0.2) is 0 Å². The Morgan fingerprint density at radius 2 is 2.22 bits per heavy atom. The Kier molecular flexibility index (Phi) is 3.27. The van der Waals surface area contributed by atoms with Gasteiger partial charge >= 0.3 is 0 Å². The number of nitrogens with zero attached hydrogens (tertiary/aromatic N) is 1. The molecule has 1 aromatic rings. The van der Waals surface area contributed by atoms with Crippen LogP contribution >= 0.6 is 0 Å². The average Bonchev–Trinajstić information content (AvgIpc) is 2.93. The fourth-order valence-corrected chi connectivity index (χ4v) is 3.26. The molecule has 2 aliphatic heterocycles. The molecule has 1 fully saturated rings. The van der Waals surface area contributed by atoms with Gasteiger partial charge in [0.15, 0.2) is 0 Å². The van der Waals surface area contributed by atoms with Crippen LogP contribution in [0.2, 0.25) is 0 Å². The Morgan fingerprint density at radius 3 is 2.94 bits per heavy atom. The first-order valence-electron chi connectivity index (χ1n) is 6.95. The van der Waals surface area contributed by atoms with Crippen LogP contribution in [0, 0.1) is 5.92 Å². The van der Waals surface area contributed by atoms with Gasteiger partial charge in [0.1, 0.15) is 11.9 Å². The number of benzene rings is 1. The van der Waals surface area contributed by atoms with E-state index in [1.54, 1.807) is 0 Å². The number of nitrogens with two attached hydrogens (primary N) is 1. The highest BCUT2D eigenvalue weighted by atomic mass is 16.5. The van der Waals surface area contributed by atoms with E-state index in [0.29, 0.717) is 18.1 Å². The molecule has 2 N–H and O–H groups in total. The van der Waals surface area contributed by atoms with Gasteiger partial charge in [-0.15, -0.1) is 0 Å². The summed E-state index contributed by atoms with van der Waals surface area (Å²) in [6.07, 6.45) is 2.60. The molecule has 0 bridgehead atoms. The van der Waals surface area contributed by atoms with E-state index in [1.165, 1.54) is 12.0 Å². The predicted molar refractivity (Wildman–Crippen MR) is 72.8 cm³/mol. The first-order valence-corrected chi connectivity index (χ1v) is 6.95. The molecule has 2 heterocycles. The minimum Gasteiger partial charge on any atom is -0.488 e. The second-order valence-electron chi connectivity index (χ2n) is 5.69. The molecule has 0 aromatic heterocycles. The van der Waals surface area contributed by atoms with Gasteiger partial charge < -0.3 is 10.5 Å². The molecule has 3 unspecified atom stereocenters. The van der Waals surface area contributed by atoms with Crippen LogP contribution in [0.15, 0.2) is 24.3 Å². The minimum absolute atomic E-state index is 0.321. The van der Waals surface area contributed by atoms with Gasteiger partial charge in [0, 0.05) is 25.6 Å². The molecule has 3 rings (SSSR count). The zero-order valence-electron chi connectivity index (χ0n) is 11.0. The molecule has 0 aliphatic carbocycles. The van der Waals surface area contributed by atoms with Gasteiger partial charge in [-0.3, -0.25) is 4.90 Å². The van der Waals surface area contributed by atoms with Crippen LogP contribution in [-0.2, 0) is 6.42 Å². The molecule has 0 radical (unpaired) electrons. The van der Waals surface area contributed by atoms with Crippen molar-refractivity contribution in [2.24, 2.45) is 11.7 Å². The van der Waals surface area contributed by atoms with Crippen molar-refractivity contribution < 1.29 is 4.74 Å². The SMILES string of the molecule is CC1CC(CN)CN1CC1Cc2ccccc2O1. The summed E-state index contributed by atoms with van der Waals surface area (Å²) in [4.78, 5) is 2.54. The summed E-state index contributed by atoms with van der Waals surface area (Å²) in [6, 6.07) is 9.03. The molecule has 3 atom stereocenters. The first kappa shape index (κ1) is 12.0. The minimum atomic E-state index is 0.321. The molecule has 2 aliphatic rings. The number of likely N-dealkylation sites (tertiary alicyclic amines) is 1. The molecule has 1 saturated heterocycles. The first-order chi connectivity index (χ1) is 8.76. The summed E-state index contributed by atoms with van der Waals surface area (Å²) in [6.45, 7) is 5.28. The van der Waals surface area contributed by atoms with Crippen molar-refractivity contribution in [1.29, 1.82) is 0 Å². The van der Waals surface area contributed by atoms with E-state index in [1.807, 2.05) is 6.07 Å². The molecule has 98 valence electrons. The van der Waals surface area contributed by atoms with E-state index in [2.05, 4.69) is 30.0 Å². The summed E-state index contributed by atoms with van der Waals surface area (Å²) in [7, 11) is 0. The summed E-state index contributed by atoms with van der Waals surface area (Å²) in [5.41, 5.74) is 7.13. The quantitative estimate of drug-likeness (QED) is 0.881. The van der Waals surface area contributed by atoms with Crippen LogP contribution in [-0.4, -0.2) is 36.7 Å². The van der Waals surface area contributed by atoms with Crippen LogP contribution in [0.4, 0.5) is 0 Å². The van der Waals surface area contributed by atoms with Crippen LogP contribution in [0.5, 0.6) is 5.75 Å². The highest BCUT2D eigenvalue weighted by Gasteiger charge is 2.32. The third kappa shape index (κ3) is 2.25. The van der Waals surface area contributed by atoms with E-state index in [9.17, 15) is 0 Å². The van der Waals surface area contributed by atoms with Crippen LogP contribution in [0.1, 0.15) is 18.9 Å². The Hall–Kier alpha value is -1.06. The normalized spacial score (nSPS) is 31.3. The topological polar surface area (TPSA) is 38.5 Å². The fourth-order valence-electron chi connectivity index (χ4n) is 3.26. The van der Waals surface area contributed by atoms with E-state index in [-0.39, 0.29) is 0 Å². The van der Waals surface area contributed by atoms with Gasteiger partial charge in [-0.2, -0.15) is 0 Å². The molecular formula is C15H22N2O. The van der Waals surface area contributed by atoms with Crippen molar-refractivity contribution in [2.75, 3.05) is 19.6 Å². The second-order valence-corrected chi connectivity index (χ2v) is 5.69. The summed E-state index contributed by atoms with van der Waals surface area (Å²) >= 11 is 0. The maximum Gasteiger partial charge on any atom is 0.123 e. The summed E-state index contributed by atoms with van der Waals surface area (Å²) in [5.74, 6) is 1.74. The average molecular weight is 246 g/mol. The maximum absolute atomic E-state index is 6.01. The van der Waals surface area contributed by atoms with Gasteiger partial charge in [-0.1, -0.05) is 18.2 Å². The van der Waals surface area contributed by atoms with Crippen molar-refractivity contribution in [1.82, 2.24) is 4.90 Å². The molecule has 3 nitrogen and oxygen atoms in total. The van der Waals surface area contributed by atoms with Gasteiger partial charge in [0.05, 0.1) is 0 Å². The Bertz CT molecular complexity index is 396. The lowest BCUT2D eigenvalue weighted by atomic mass is 10.1.